The first-order valence-corrected chi connectivity index (χ1v) is 10.9. The summed E-state index contributed by atoms with van der Waals surface area (Å²) < 4.78 is 42.5. The largest absolute Gasteiger partial charge is 0.497 e. The predicted molar refractivity (Wildman–Crippen MR) is 112 cm³/mol. The molecule has 0 radical (unpaired) electrons. The van der Waals surface area contributed by atoms with Gasteiger partial charge in [0.05, 0.1) is 18.6 Å². The summed E-state index contributed by atoms with van der Waals surface area (Å²) in [5.41, 5.74) is 4.40. The molecule has 0 heterocycles. The molecule has 0 saturated carbocycles. The van der Waals surface area contributed by atoms with Gasteiger partial charge in [-0.25, -0.2) is 13.1 Å². The van der Waals surface area contributed by atoms with E-state index < -0.39 is 21.8 Å². The monoisotopic (exact) mass is 451 g/mol. The minimum absolute atomic E-state index is 0.0477. The highest BCUT2D eigenvalue weighted by Crippen LogP contribution is 2.26. The molecule has 31 heavy (non-hydrogen) atoms. The van der Waals surface area contributed by atoms with Crippen molar-refractivity contribution in [2.24, 2.45) is 0 Å². The van der Waals surface area contributed by atoms with Crippen molar-refractivity contribution >= 4 is 21.8 Å². The number of hydrogen-bond donors (Lipinski definition) is 3. The molecule has 0 aromatic heterocycles. The van der Waals surface area contributed by atoms with Gasteiger partial charge in [0.25, 0.3) is 5.91 Å². The van der Waals surface area contributed by atoms with Crippen molar-refractivity contribution in [3.63, 3.8) is 0 Å². The van der Waals surface area contributed by atoms with Gasteiger partial charge in [0.2, 0.25) is 15.9 Å². The van der Waals surface area contributed by atoms with E-state index in [2.05, 4.69) is 15.6 Å². The van der Waals surface area contributed by atoms with Crippen LogP contribution in [0.25, 0.3) is 0 Å². The van der Waals surface area contributed by atoms with Crippen LogP contribution in [0.4, 0.5) is 0 Å². The van der Waals surface area contributed by atoms with Crippen molar-refractivity contribution in [2.45, 2.75) is 18.2 Å². The van der Waals surface area contributed by atoms with E-state index in [1.165, 1.54) is 31.4 Å². The average Bonchev–Trinajstić information content (AvgIpc) is 2.77. The number of hydrazine groups is 1. The van der Waals surface area contributed by atoms with Crippen molar-refractivity contribution in [1.82, 2.24) is 15.6 Å². The van der Waals surface area contributed by atoms with Crippen LogP contribution in [0.15, 0.2) is 53.4 Å². The summed E-state index contributed by atoms with van der Waals surface area (Å²) in [6.07, 6.45) is -0.177. The second-order valence-electron chi connectivity index (χ2n) is 6.09. The molecule has 0 atom stereocenters. The van der Waals surface area contributed by atoms with Crippen LogP contribution >= 0.6 is 0 Å². The van der Waals surface area contributed by atoms with Gasteiger partial charge >= 0.3 is 0 Å². The molecule has 0 unspecified atom stereocenters. The molecule has 10 nitrogen and oxygen atoms in total. The lowest BCUT2D eigenvalue weighted by Crippen LogP contribution is -2.44. The third-order valence-electron chi connectivity index (χ3n) is 3.86. The summed E-state index contributed by atoms with van der Waals surface area (Å²) in [5, 5.41) is 0. The van der Waals surface area contributed by atoms with E-state index in [1.807, 2.05) is 6.92 Å². The predicted octanol–water partition coefficient (Wildman–Crippen LogP) is 0.989. The normalized spacial score (nSPS) is 10.8. The Hall–Kier alpha value is -3.31. The van der Waals surface area contributed by atoms with E-state index in [4.69, 9.17) is 14.2 Å². The molecule has 0 aliphatic carbocycles. The number of sulfonamides is 1. The molecule has 2 aromatic rings. The highest BCUT2D eigenvalue weighted by atomic mass is 32.2. The van der Waals surface area contributed by atoms with Crippen LogP contribution in [-0.2, 0) is 19.6 Å². The van der Waals surface area contributed by atoms with Gasteiger partial charge in [-0.05, 0) is 43.3 Å². The van der Waals surface area contributed by atoms with Crippen LogP contribution in [0.2, 0.25) is 0 Å². The van der Waals surface area contributed by atoms with E-state index in [9.17, 15) is 18.0 Å². The zero-order valence-electron chi connectivity index (χ0n) is 17.2. The summed E-state index contributed by atoms with van der Waals surface area (Å²) in [7, 11) is -2.29. The fraction of sp³-hybridized carbons (Fsp3) is 0.300. The number of carbonyl (C=O) groups excluding carboxylic acids is 2. The molecule has 0 spiro atoms. The van der Waals surface area contributed by atoms with Crippen LogP contribution < -0.4 is 29.8 Å². The first-order valence-electron chi connectivity index (χ1n) is 9.41. The Balaban J connectivity index is 1.71. The molecule has 3 N–H and O–H groups in total. The lowest BCUT2D eigenvalue weighted by atomic mass is 10.3. The maximum absolute atomic E-state index is 12.2. The van der Waals surface area contributed by atoms with Gasteiger partial charge in [-0.15, -0.1) is 0 Å². The van der Waals surface area contributed by atoms with Gasteiger partial charge in [0, 0.05) is 13.0 Å². The number of carbonyl (C=O) groups is 2. The summed E-state index contributed by atoms with van der Waals surface area (Å²) in [6, 6.07) is 12.7. The van der Waals surface area contributed by atoms with Gasteiger partial charge in [-0.3, -0.25) is 20.4 Å². The fourth-order valence-corrected chi connectivity index (χ4v) is 3.39. The standard InChI is InChI=1S/C20H25N3O7S/c1-3-29-17-6-4-5-7-18(17)30-14-20(25)23-22-19(24)12-13-21-31(26,27)16-10-8-15(28-2)9-11-16/h4-11,21H,3,12-14H2,1-2H3,(H,22,24)(H,23,25). The number of hydrogen-bond acceptors (Lipinski definition) is 7. The quantitative estimate of drug-likeness (QED) is 0.434. The number of benzene rings is 2. The van der Waals surface area contributed by atoms with Crippen LogP contribution in [0.1, 0.15) is 13.3 Å². The minimum atomic E-state index is -3.77. The average molecular weight is 452 g/mol. The number of para-hydroxylation sites is 2. The molecule has 2 amide bonds. The molecule has 0 saturated heterocycles. The van der Waals surface area contributed by atoms with Crippen LogP contribution in [0.5, 0.6) is 17.2 Å². The molecular formula is C20H25N3O7S. The molecule has 0 aliphatic heterocycles. The van der Waals surface area contributed by atoms with Crippen LogP contribution in [0.3, 0.4) is 0 Å². The van der Waals surface area contributed by atoms with Gasteiger partial charge in [0.15, 0.2) is 18.1 Å². The first kappa shape index (κ1) is 24.0. The van der Waals surface area contributed by atoms with Gasteiger partial charge < -0.3 is 14.2 Å². The number of amides is 2. The van der Waals surface area contributed by atoms with E-state index >= 15 is 0 Å². The van der Waals surface area contributed by atoms with Crippen molar-refractivity contribution in [3.8, 4) is 17.2 Å². The number of methoxy groups -OCH3 is 1. The number of nitrogens with one attached hydrogen (secondary N) is 3. The van der Waals surface area contributed by atoms with Gasteiger partial charge in [-0.1, -0.05) is 12.1 Å². The maximum atomic E-state index is 12.2. The maximum Gasteiger partial charge on any atom is 0.276 e. The van der Waals surface area contributed by atoms with Gasteiger partial charge in [0.1, 0.15) is 5.75 Å². The Kier molecular flexibility index (Phi) is 9.10. The Morgan fingerprint density at radius 3 is 2.13 bits per heavy atom. The molecule has 11 heteroatoms. The zero-order valence-corrected chi connectivity index (χ0v) is 18.0. The molecule has 168 valence electrons. The van der Waals surface area contributed by atoms with Crippen molar-refractivity contribution in [3.05, 3.63) is 48.5 Å². The zero-order chi connectivity index (χ0) is 22.7. The summed E-state index contributed by atoms with van der Waals surface area (Å²) in [5.74, 6) is 0.281. The lowest BCUT2D eigenvalue weighted by molar-refractivity contribution is -0.129. The minimum Gasteiger partial charge on any atom is -0.497 e. The van der Waals surface area contributed by atoms with Crippen molar-refractivity contribution in [2.75, 3.05) is 26.9 Å². The second-order valence-corrected chi connectivity index (χ2v) is 7.86. The van der Waals surface area contributed by atoms with E-state index in [0.29, 0.717) is 23.9 Å². The van der Waals surface area contributed by atoms with Gasteiger partial charge in [-0.2, -0.15) is 0 Å². The molecule has 0 fully saturated rings. The molecule has 0 aliphatic rings. The van der Waals surface area contributed by atoms with E-state index in [1.54, 1.807) is 24.3 Å². The summed E-state index contributed by atoms with van der Waals surface area (Å²) in [6.45, 7) is 1.80. The highest BCUT2D eigenvalue weighted by Gasteiger charge is 2.14. The topological polar surface area (TPSA) is 132 Å². The SMILES string of the molecule is CCOc1ccccc1OCC(=O)NNC(=O)CCNS(=O)(=O)c1ccc(OC)cc1. The lowest BCUT2D eigenvalue weighted by Gasteiger charge is -2.12. The van der Waals surface area contributed by atoms with Crippen molar-refractivity contribution < 1.29 is 32.2 Å². The second kappa shape index (κ2) is 11.8. The molecular weight excluding hydrogens is 426 g/mol. The molecule has 2 aromatic carbocycles. The molecule has 0 bridgehead atoms. The van der Waals surface area contributed by atoms with Crippen molar-refractivity contribution in [1.29, 1.82) is 0 Å². The number of rotatable bonds is 11. The van der Waals surface area contributed by atoms with Crippen LogP contribution in [-0.4, -0.2) is 47.1 Å². The number of ether oxygens (including phenoxy) is 3. The third kappa shape index (κ3) is 7.79. The third-order valence-corrected chi connectivity index (χ3v) is 5.34. The van der Waals surface area contributed by atoms with E-state index in [-0.39, 0.29) is 24.5 Å². The highest BCUT2D eigenvalue weighted by molar-refractivity contribution is 7.89. The fourth-order valence-electron chi connectivity index (χ4n) is 2.36. The first-order chi connectivity index (χ1) is 14.9. The summed E-state index contributed by atoms with van der Waals surface area (Å²) >= 11 is 0. The summed E-state index contributed by atoms with van der Waals surface area (Å²) in [4.78, 5) is 23.7. The Morgan fingerprint density at radius 1 is 0.903 bits per heavy atom. The Labute approximate surface area is 180 Å². The van der Waals surface area contributed by atoms with E-state index in [0.717, 1.165) is 0 Å². The Morgan fingerprint density at radius 2 is 1.52 bits per heavy atom. The molecule has 2 rings (SSSR count). The smallest absolute Gasteiger partial charge is 0.276 e. The van der Waals surface area contributed by atoms with Crippen LogP contribution in [0, 0.1) is 0 Å². The Bertz CT molecular complexity index is 979.